The van der Waals surface area contributed by atoms with E-state index in [4.69, 9.17) is 0 Å². The summed E-state index contributed by atoms with van der Waals surface area (Å²) in [5.74, 6) is -0.789. The molecular weight excluding hydrogens is 354 g/mol. The number of hydrogen-bond acceptors (Lipinski definition) is 4. The average Bonchev–Trinajstić information content (AvgIpc) is 3.22. The van der Waals surface area contributed by atoms with Gasteiger partial charge in [-0.15, -0.1) is 0 Å². The maximum absolute atomic E-state index is 13.2. The molecule has 0 unspecified atom stereocenters. The largest absolute Gasteiger partial charge is 0.268 e. The average molecular weight is 365 g/mol. The molecule has 0 radical (unpaired) electrons. The van der Waals surface area contributed by atoms with E-state index in [1.807, 2.05) is 6.07 Å². The molecule has 0 saturated carbocycles. The molecule has 132 valence electrons. The van der Waals surface area contributed by atoms with E-state index >= 15 is 0 Å². The Hall–Kier alpha value is -4.06. The van der Waals surface area contributed by atoms with Crippen molar-refractivity contribution >= 4 is 44.7 Å². The standard InChI is InChI=1S/C22H11N3O3/c26-20-14-8-9-16-18-15(7-6-13(17(14)18)19-23-10-11-24(19)20)21(27)25(22(16)28)12-4-2-1-3-5-12/h1-11H. The predicted octanol–water partition coefficient (Wildman–Crippen LogP) is 3.24. The number of imidazole rings is 1. The summed E-state index contributed by atoms with van der Waals surface area (Å²) in [6.45, 7) is 0. The van der Waals surface area contributed by atoms with Crippen molar-refractivity contribution in [3.05, 3.63) is 88.5 Å². The number of anilines is 1. The minimum absolute atomic E-state index is 0.214. The lowest BCUT2D eigenvalue weighted by Gasteiger charge is -2.27. The summed E-state index contributed by atoms with van der Waals surface area (Å²) >= 11 is 0. The number of nitrogens with zero attached hydrogens (tertiary/aromatic N) is 3. The van der Waals surface area contributed by atoms with Gasteiger partial charge in [0.15, 0.2) is 0 Å². The van der Waals surface area contributed by atoms with Crippen LogP contribution < -0.4 is 10.5 Å². The molecule has 1 aliphatic heterocycles. The maximum atomic E-state index is 13.2. The van der Waals surface area contributed by atoms with Crippen molar-refractivity contribution in [2.75, 3.05) is 4.90 Å². The van der Waals surface area contributed by atoms with E-state index in [0.29, 0.717) is 38.6 Å². The van der Waals surface area contributed by atoms with Gasteiger partial charge in [-0.1, -0.05) is 18.2 Å². The van der Waals surface area contributed by atoms with Crippen molar-refractivity contribution in [3.63, 3.8) is 0 Å². The summed E-state index contributed by atoms with van der Waals surface area (Å²) in [7, 11) is 0. The minimum atomic E-state index is -0.395. The first-order chi connectivity index (χ1) is 13.7. The molecule has 28 heavy (non-hydrogen) atoms. The second-order valence-corrected chi connectivity index (χ2v) is 6.78. The quantitative estimate of drug-likeness (QED) is 0.428. The van der Waals surface area contributed by atoms with Crippen molar-refractivity contribution < 1.29 is 9.59 Å². The van der Waals surface area contributed by atoms with E-state index in [9.17, 15) is 14.4 Å². The second-order valence-electron chi connectivity index (χ2n) is 6.78. The number of aromatic nitrogens is 2. The van der Waals surface area contributed by atoms with Gasteiger partial charge in [0.2, 0.25) is 0 Å². The van der Waals surface area contributed by atoms with Crippen LogP contribution in [0.3, 0.4) is 0 Å². The lowest BCUT2D eigenvalue weighted by Crippen LogP contribution is -2.40. The molecular formula is C22H11N3O3. The highest BCUT2D eigenvalue weighted by Crippen LogP contribution is 2.37. The Balaban J connectivity index is 1.77. The fraction of sp³-hybridized carbons (Fsp3) is 0. The van der Waals surface area contributed by atoms with E-state index in [2.05, 4.69) is 4.98 Å². The number of fused-ring (bicyclic) bond motifs is 2. The molecule has 3 aromatic carbocycles. The Morgan fingerprint density at radius 3 is 2.11 bits per heavy atom. The van der Waals surface area contributed by atoms with Crippen LogP contribution in [0.15, 0.2) is 71.8 Å². The first kappa shape index (κ1) is 15.0. The second kappa shape index (κ2) is 5.01. The van der Waals surface area contributed by atoms with Crippen molar-refractivity contribution in [2.24, 2.45) is 0 Å². The van der Waals surface area contributed by atoms with Crippen molar-refractivity contribution in [2.45, 2.75) is 0 Å². The number of benzene rings is 3. The molecule has 0 spiro atoms. The molecule has 6 nitrogen and oxygen atoms in total. The number of para-hydroxylation sites is 1. The molecule has 2 amide bonds. The zero-order valence-electron chi connectivity index (χ0n) is 14.4. The van der Waals surface area contributed by atoms with E-state index < -0.39 is 11.8 Å². The summed E-state index contributed by atoms with van der Waals surface area (Å²) in [5.41, 5.74) is 1.64. The number of carbonyl (C=O) groups is 2. The highest BCUT2D eigenvalue weighted by atomic mass is 16.2. The monoisotopic (exact) mass is 365 g/mol. The molecule has 0 atom stereocenters. The summed E-state index contributed by atoms with van der Waals surface area (Å²) in [6.07, 6.45) is 3.19. The Kier molecular flexibility index (Phi) is 2.69. The predicted molar refractivity (Wildman–Crippen MR) is 105 cm³/mol. The van der Waals surface area contributed by atoms with Gasteiger partial charge in [0, 0.05) is 45.1 Å². The van der Waals surface area contributed by atoms with Crippen LogP contribution in [-0.4, -0.2) is 21.2 Å². The Morgan fingerprint density at radius 1 is 0.714 bits per heavy atom. The first-order valence-corrected chi connectivity index (χ1v) is 8.79. The molecule has 6 heteroatoms. The number of pyridine rings is 1. The van der Waals surface area contributed by atoms with Crippen LogP contribution in [0, 0.1) is 0 Å². The van der Waals surface area contributed by atoms with Gasteiger partial charge < -0.3 is 0 Å². The third kappa shape index (κ3) is 1.67. The van der Waals surface area contributed by atoms with E-state index in [1.165, 1.54) is 9.30 Å². The van der Waals surface area contributed by atoms with E-state index in [-0.39, 0.29) is 5.56 Å². The van der Waals surface area contributed by atoms with Gasteiger partial charge >= 0.3 is 0 Å². The molecule has 5 aromatic rings. The summed E-state index contributed by atoms with van der Waals surface area (Å²) in [4.78, 5) is 44.8. The molecule has 0 saturated heterocycles. The Labute approximate surface area is 157 Å². The molecule has 6 rings (SSSR count). The van der Waals surface area contributed by atoms with Crippen LogP contribution in [0.1, 0.15) is 20.7 Å². The van der Waals surface area contributed by atoms with Gasteiger partial charge in [-0.2, -0.15) is 0 Å². The SMILES string of the molecule is O=C1c2ccc3c(=O)n4ccnc4c4ccc(c2c34)C(=O)N1c1ccccc1. The van der Waals surface area contributed by atoms with Crippen molar-refractivity contribution in [1.29, 1.82) is 0 Å². The van der Waals surface area contributed by atoms with Gasteiger partial charge in [-0.3, -0.25) is 18.8 Å². The topological polar surface area (TPSA) is 71.7 Å². The zero-order chi connectivity index (χ0) is 19.0. The maximum Gasteiger partial charge on any atom is 0.265 e. The minimum Gasteiger partial charge on any atom is -0.268 e. The zero-order valence-corrected chi connectivity index (χ0v) is 14.4. The fourth-order valence-corrected chi connectivity index (χ4v) is 4.16. The van der Waals surface area contributed by atoms with Gasteiger partial charge in [0.25, 0.3) is 17.4 Å². The molecule has 0 N–H and O–H groups in total. The van der Waals surface area contributed by atoms with Gasteiger partial charge in [-0.25, -0.2) is 9.88 Å². The summed E-state index contributed by atoms with van der Waals surface area (Å²) < 4.78 is 1.49. The summed E-state index contributed by atoms with van der Waals surface area (Å²) in [6, 6.07) is 15.7. The third-order valence-corrected chi connectivity index (χ3v) is 5.37. The number of carbonyl (C=O) groups excluding carboxylic acids is 2. The third-order valence-electron chi connectivity index (χ3n) is 5.37. The fourth-order valence-electron chi connectivity index (χ4n) is 4.16. The van der Waals surface area contributed by atoms with Gasteiger partial charge in [0.1, 0.15) is 5.65 Å². The van der Waals surface area contributed by atoms with E-state index in [0.717, 1.165) is 5.39 Å². The molecule has 0 fully saturated rings. The molecule has 0 aliphatic carbocycles. The summed E-state index contributed by atoms with van der Waals surface area (Å²) in [5, 5.41) is 2.36. The molecule has 1 aliphatic rings. The molecule has 0 bridgehead atoms. The van der Waals surface area contributed by atoms with Crippen LogP contribution in [0.2, 0.25) is 0 Å². The van der Waals surface area contributed by atoms with Crippen molar-refractivity contribution in [3.8, 4) is 0 Å². The first-order valence-electron chi connectivity index (χ1n) is 8.79. The lowest BCUT2D eigenvalue weighted by atomic mass is 9.90. The Morgan fingerprint density at radius 2 is 1.39 bits per heavy atom. The molecule has 3 heterocycles. The number of rotatable bonds is 1. The normalized spacial score (nSPS) is 13.9. The van der Waals surface area contributed by atoms with Gasteiger partial charge in [-0.05, 0) is 36.4 Å². The van der Waals surface area contributed by atoms with Crippen LogP contribution in [-0.2, 0) is 0 Å². The number of amides is 2. The smallest absolute Gasteiger partial charge is 0.265 e. The van der Waals surface area contributed by atoms with Crippen LogP contribution >= 0.6 is 0 Å². The Bertz CT molecular complexity index is 1500. The van der Waals surface area contributed by atoms with Gasteiger partial charge in [0.05, 0.1) is 5.69 Å². The highest BCUT2D eigenvalue weighted by molar-refractivity contribution is 6.38. The van der Waals surface area contributed by atoms with Crippen LogP contribution in [0.25, 0.3) is 27.2 Å². The highest BCUT2D eigenvalue weighted by Gasteiger charge is 2.35. The lowest BCUT2D eigenvalue weighted by molar-refractivity contribution is 0.0893. The number of imide groups is 1. The van der Waals surface area contributed by atoms with E-state index in [1.54, 1.807) is 60.9 Å². The van der Waals surface area contributed by atoms with Crippen LogP contribution in [0.4, 0.5) is 5.69 Å². The van der Waals surface area contributed by atoms with Crippen LogP contribution in [0.5, 0.6) is 0 Å². The number of hydrogen-bond donors (Lipinski definition) is 0. The molecule has 2 aromatic heterocycles. The van der Waals surface area contributed by atoms with Crippen molar-refractivity contribution in [1.82, 2.24) is 9.38 Å².